The van der Waals surface area contributed by atoms with Gasteiger partial charge in [0.15, 0.2) is 0 Å². The van der Waals surface area contributed by atoms with E-state index in [1.165, 1.54) is 5.56 Å². The second-order valence-corrected chi connectivity index (χ2v) is 5.32. The molecule has 1 unspecified atom stereocenters. The SMILES string of the molecule is COc1cccc(C(CNc2ccnc(C)c2)N(C)C)c1. The van der Waals surface area contributed by atoms with Crippen molar-refractivity contribution in [3.63, 3.8) is 0 Å². The van der Waals surface area contributed by atoms with Crippen LogP contribution in [0.5, 0.6) is 5.75 Å². The maximum atomic E-state index is 5.32. The monoisotopic (exact) mass is 285 g/mol. The van der Waals surface area contributed by atoms with Crippen molar-refractivity contribution in [2.24, 2.45) is 0 Å². The molecule has 0 aliphatic heterocycles. The van der Waals surface area contributed by atoms with Crippen LogP contribution in [0.25, 0.3) is 0 Å². The highest BCUT2D eigenvalue weighted by Crippen LogP contribution is 2.23. The number of benzene rings is 1. The van der Waals surface area contributed by atoms with Crippen LogP contribution in [0.2, 0.25) is 0 Å². The van der Waals surface area contributed by atoms with Gasteiger partial charge in [0, 0.05) is 24.1 Å². The number of anilines is 1. The van der Waals surface area contributed by atoms with Crippen molar-refractivity contribution in [1.82, 2.24) is 9.88 Å². The van der Waals surface area contributed by atoms with Crippen molar-refractivity contribution in [2.45, 2.75) is 13.0 Å². The molecular weight excluding hydrogens is 262 g/mol. The first-order chi connectivity index (χ1) is 10.1. The number of ether oxygens (including phenoxy) is 1. The lowest BCUT2D eigenvalue weighted by Gasteiger charge is -2.26. The summed E-state index contributed by atoms with van der Waals surface area (Å²) < 4.78 is 5.32. The standard InChI is InChI=1S/C17H23N3O/c1-13-10-15(8-9-18-13)19-12-17(20(2)3)14-6-5-7-16(11-14)21-4/h5-11,17H,12H2,1-4H3,(H,18,19). The topological polar surface area (TPSA) is 37.4 Å². The van der Waals surface area contributed by atoms with Gasteiger partial charge in [0.05, 0.1) is 13.2 Å². The minimum Gasteiger partial charge on any atom is -0.497 e. The second kappa shape index (κ2) is 7.09. The van der Waals surface area contributed by atoms with Gasteiger partial charge in [-0.3, -0.25) is 4.98 Å². The minimum atomic E-state index is 0.272. The van der Waals surface area contributed by atoms with E-state index in [2.05, 4.69) is 47.5 Å². The highest BCUT2D eigenvalue weighted by molar-refractivity contribution is 5.43. The number of hydrogen-bond donors (Lipinski definition) is 1. The predicted octanol–water partition coefficient (Wildman–Crippen LogP) is 3.11. The molecule has 0 spiro atoms. The Hall–Kier alpha value is -2.07. The predicted molar refractivity (Wildman–Crippen MR) is 86.9 cm³/mol. The number of pyridine rings is 1. The summed E-state index contributed by atoms with van der Waals surface area (Å²) in [4.78, 5) is 6.42. The third kappa shape index (κ3) is 4.20. The Labute approximate surface area is 126 Å². The fourth-order valence-corrected chi connectivity index (χ4v) is 2.32. The molecule has 4 heteroatoms. The van der Waals surface area contributed by atoms with Gasteiger partial charge in [0.2, 0.25) is 0 Å². The number of nitrogens with zero attached hydrogens (tertiary/aromatic N) is 2. The van der Waals surface area contributed by atoms with E-state index in [-0.39, 0.29) is 6.04 Å². The van der Waals surface area contributed by atoms with Crippen LogP contribution >= 0.6 is 0 Å². The van der Waals surface area contributed by atoms with Crippen molar-refractivity contribution >= 4 is 5.69 Å². The van der Waals surface area contributed by atoms with Crippen LogP contribution in [0.4, 0.5) is 5.69 Å². The highest BCUT2D eigenvalue weighted by atomic mass is 16.5. The zero-order valence-electron chi connectivity index (χ0n) is 13.1. The van der Waals surface area contributed by atoms with E-state index in [4.69, 9.17) is 4.74 Å². The summed E-state index contributed by atoms with van der Waals surface area (Å²) in [5.41, 5.74) is 3.35. The molecule has 0 fully saturated rings. The fraction of sp³-hybridized carbons (Fsp3) is 0.353. The van der Waals surface area contributed by atoms with Gasteiger partial charge in [0.1, 0.15) is 5.75 Å². The van der Waals surface area contributed by atoms with Crippen molar-refractivity contribution in [3.05, 3.63) is 53.9 Å². The number of methoxy groups -OCH3 is 1. The van der Waals surface area contributed by atoms with Crippen molar-refractivity contribution in [1.29, 1.82) is 0 Å². The number of likely N-dealkylation sites (N-methyl/N-ethyl adjacent to an activating group) is 1. The third-order valence-electron chi connectivity index (χ3n) is 3.50. The lowest BCUT2D eigenvalue weighted by molar-refractivity contribution is 0.310. The summed E-state index contributed by atoms with van der Waals surface area (Å²) in [6.45, 7) is 2.82. The molecule has 112 valence electrons. The average Bonchev–Trinajstić information content (AvgIpc) is 2.47. The van der Waals surface area contributed by atoms with Crippen molar-refractivity contribution in [3.8, 4) is 5.75 Å². The van der Waals surface area contributed by atoms with Gasteiger partial charge < -0.3 is 15.0 Å². The molecule has 0 saturated heterocycles. The second-order valence-electron chi connectivity index (χ2n) is 5.32. The molecule has 1 aromatic carbocycles. The van der Waals surface area contributed by atoms with Gasteiger partial charge in [0.25, 0.3) is 0 Å². The summed E-state index contributed by atoms with van der Waals surface area (Å²) in [5, 5.41) is 3.48. The highest BCUT2D eigenvalue weighted by Gasteiger charge is 2.14. The Morgan fingerprint density at radius 1 is 1.24 bits per heavy atom. The van der Waals surface area contributed by atoms with Crippen molar-refractivity contribution < 1.29 is 4.74 Å². The normalized spacial score (nSPS) is 12.2. The number of aromatic nitrogens is 1. The number of rotatable bonds is 6. The van der Waals surface area contributed by atoms with Gasteiger partial charge in [-0.1, -0.05) is 12.1 Å². The maximum absolute atomic E-state index is 5.32. The molecule has 1 heterocycles. The first kappa shape index (κ1) is 15.3. The molecule has 2 rings (SSSR count). The summed E-state index contributed by atoms with van der Waals surface area (Å²) in [6.07, 6.45) is 1.83. The van der Waals surface area contributed by atoms with E-state index in [0.29, 0.717) is 0 Å². The Balaban J connectivity index is 2.12. The quantitative estimate of drug-likeness (QED) is 0.885. The fourth-order valence-electron chi connectivity index (χ4n) is 2.32. The van der Waals surface area contributed by atoms with E-state index >= 15 is 0 Å². The van der Waals surface area contributed by atoms with Crippen LogP contribution in [0.3, 0.4) is 0 Å². The molecule has 4 nitrogen and oxygen atoms in total. The van der Waals surface area contributed by atoms with Crippen LogP contribution in [-0.2, 0) is 0 Å². The van der Waals surface area contributed by atoms with E-state index in [1.54, 1.807) is 7.11 Å². The molecule has 0 bridgehead atoms. The van der Waals surface area contributed by atoms with Crippen LogP contribution in [0.1, 0.15) is 17.3 Å². The van der Waals surface area contributed by atoms with Gasteiger partial charge in [-0.2, -0.15) is 0 Å². The lowest BCUT2D eigenvalue weighted by Crippen LogP contribution is -2.26. The first-order valence-corrected chi connectivity index (χ1v) is 7.07. The summed E-state index contributed by atoms with van der Waals surface area (Å²) in [6, 6.07) is 12.5. The van der Waals surface area contributed by atoms with E-state index in [1.807, 2.05) is 31.3 Å². The lowest BCUT2D eigenvalue weighted by atomic mass is 10.1. The molecule has 0 amide bonds. The summed E-state index contributed by atoms with van der Waals surface area (Å²) in [7, 11) is 5.87. The Morgan fingerprint density at radius 3 is 2.71 bits per heavy atom. The van der Waals surface area contributed by atoms with Crippen LogP contribution < -0.4 is 10.1 Å². The van der Waals surface area contributed by atoms with Crippen LogP contribution in [0.15, 0.2) is 42.6 Å². The zero-order chi connectivity index (χ0) is 15.2. The molecule has 0 saturated carbocycles. The average molecular weight is 285 g/mol. The molecule has 21 heavy (non-hydrogen) atoms. The number of aryl methyl sites for hydroxylation is 1. The van der Waals surface area contributed by atoms with Crippen molar-refractivity contribution in [2.75, 3.05) is 33.1 Å². The Bertz CT molecular complexity index is 584. The Kier molecular flexibility index (Phi) is 5.17. The number of hydrogen-bond acceptors (Lipinski definition) is 4. The first-order valence-electron chi connectivity index (χ1n) is 7.07. The van der Waals surface area contributed by atoms with Crippen LogP contribution in [0, 0.1) is 6.92 Å². The molecular formula is C17H23N3O. The van der Waals surface area contributed by atoms with Gasteiger partial charge >= 0.3 is 0 Å². The van der Waals surface area contributed by atoms with Gasteiger partial charge in [-0.05, 0) is 50.8 Å². The molecule has 1 atom stereocenters. The van der Waals surface area contributed by atoms with E-state index < -0.39 is 0 Å². The zero-order valence-corrected chi connectivity index (χ0v) is 13.1. The molecule has 0 aliphatic rings. The van der Waals surface area contributed by atoms with Crippen LogP contribution in [-0.4, -0.2) is 37.6 Å². The molecule has 1 N–H and O–H groups in total. The number of nitrogens with one attached hydrogen (secondary N) is 1. The molecule has 0 aliphatic carbocycles. The molecule has 0 radical (unpaired) electrons. The molecule has 1 aromatic heterocycles. The largest absolute Gasteiger partial charge is 0.497 e. The molecule has 2 aromatic rings. The third-order valence-corrected chi connectivity index (χ3v) is 3.50. The summed E-state index contributed by atoms with van der Waals surface area (Å²) in [5.74, 6) is 0.888. The smallest absolute Gasteiger partial charge is 0.119 e. The minimum absolute atomic E-state index is 0.272. The van der Waals surface area contributed by atoms with E-state index in [9.17, 15) is 0 Å². The summed E-state index contributed by atoms with van der Waals surface area (Å²) >= 11 is 0. The van der Waals surface area contributed by atoms with E-state index in [0.717, 1.165) is 23.7 Å². The van der Waals surface area contributed by atoms with Gasteiger partial charge in [-0.15, -0.1) is 0 Å². The Morgan fingerprint density at radius 2 is 2.05 bits per heavy atom. The van der Waals surface area contributed by atoms with Gasteiger partial charge in [-0.25, -0.2) is 0 Å². The maximum Gasteiger partial charge on any atom is 0.119 e.